The largest absolute Gasteiger partial charge is 1.00 e. The summed E-state index contributed by atoms with van der Waals surface area (Å²) in [5, 5.41) is 1.17. The molecule has 0 spiro atoms. The Balaban J connectivity index is 0.00000800. The monoisotopic (exact) mass is 774 g/mol. The number of rotatable bonds is 19. The number of unbranched alkanes of at least 4 members (excludes halogenated alkanes) is 8. The van der Waals surface area contributed by atoms with Crippen LogP contribution in [0, 0.1) is 0 Å². The SMILES string of the molecule is FC(F)(F)C(F)(F)C(F)(F)C(F)(F)C(F)(F)C(F)(F)CCCCCCCCCCCn1cc[n+](Cc2c(Cl)cccc2Cl)c1C1CC1.[Cl-]. The van der Waals surface area contributed by atoms with E-state index in [9.17, 15) is 57.1 Å². The Morgan fingerprint density at radius 1 is 0.646 bits per heavy atom. The van der Waals surface area contributed by atoms with Gasteiger partial charge in [-0.15, -0.1) is 0 Å². The van der Waals surface area contributed by atoms with Gasteiger partial charge in [0.05, 0.1) is 12.5 Å². The Morgan fingerprint density at radius 2 is 1.10 bits per heavy atom. The van der Waals surface area contributed by atoms with Crippen LogP contribution >= 0.6 is 23.2 Å². The van der Waals surface area contributed by atoms with E-state index in [1.54, 1.807) is 18.2 Å². The molecule has 0 atom stereocenters. The molecule has 1 aromatic heterocycles. The highest BCUT2D eigenvalue weighted by Crippen LogP contribution is 2.60. The third kappa shape index (κ3) is 8.99. The third-order valence-electron chi connectivity index (χ3n) is 8.24. The number of hydrogen-bond acceptors (Lipinski definition) is 0. The van der Waals surface area contributed by atoms with Gasteiger partial charge in [0.15, 0.2) is 0 Å². The minimum atomic E-state index is -7.85. The minimum Gasteiger partial charge on any atom is -1.00 e. The highest BCUT2D eigenvalue weighted by atomic mass is 35.5. The fourth-order valence-corrected chi connectivity index (χ4v) is 5.81. The van der Waals surface area contributed by atoms with Gasteiger partial charge >= 0.3 is 35.8 Å². The van der Waals surface area contributed by atoms with E-state index in [1.165, 1.54) is 5.82 Å². The summed E-state index contributed by atoms with van der Waals surface area (Å²) in [7, 11) is 0. The maximum atomic E-state index is 13.9. The second kappa shape index (κ2) is 16.2. The first-order valence-electron chi connectivity index (χ1n) is 15.1. The Hall–Kier alpha value is -1.61. The first-order valence-corrected chi connectivity index (χ1v) is 15.8. The molecule has 0 N–H and O–H groups in total. The van der Waals surface area contributed by atoms with Gasteiger partial charge in [-0.25, -0.2) is 9.13 Å². The van der Waals surface area contributed by atoms with Crippen LogP contribution in [0.3, 0.4) is 0 Å². The molecule has 3 rings (SSSR count). The summed E-state index contributed by atoms with van der Waals surface area (Å²) in [6, 6.07) is 5.36. The molecule has 0 aliphatic heterocycles. The van der Waals surface area contributed by atoms with E-state index in [-0.39, 0.29) is 25.2 Å². The molecule has 1 aromatic carbocycles. The number of halogens is 16. The Kier molecular flexibility index (Phi) is 14.3. The van der Waals surface area contributed by atoms with E-state index in [0.29, 0.717) is 35.3 Å². The zero-order chi connectivity index (χ0) is 35.5. The van der Waals surface area contributed by atoms with Crippen LogP contribution in [0.2, 0.25) is 10.0 Å². The molecule has 276 valence electrons. The van der Waals surface area contributed by atoms with Crippen LogP contribution in [0.15, 0.2) is 30.6 Å². The molecule has 0 unspecified atom stereocenters. The number of benzene rings is 1. The average Bonchev–Trinajstić information content (AvgIpc) is 3.72. The molecule has 2 nitrogen and oxygen atoms in total. The van der Waals surface area contributed by atoms with Gasteiger partial charge in [-0.05, 0) is 44.2 Å². The van der Waals surface area contributed by atoms with Gasteiger partial charge < -0.3 is 12.4 Å². The van der Waals surface area contributed by atoms with Crippen molar-refractivity contribution in [3.8, 4) is 0 Å². The van der Waals surface area contributed by atoms with Crippen molar-refractivity contribution >= 4 is 23.2 Å². The minimum absolute atomic E-state index is 0. The van der Waals surface area contributed by atoms with Crippen LogP contribution in [0.25, 0.3) is 0 Å². The van der Waals surface area contributed by atoms with Gasteiger partial charge in [-0.2, -0.15) is 57.1 Å². The van der Waals surface area contributed by atoms with Crippen molar-refractivity contribution in [2.45, 2.75) is 132 Å². The molecular formula is C30H34Cl3F13N2. The second-order valence-electron chi connectivity index (χ2n) is 11.9. The normalized spacial score (nSPS) is 15.1. The van der Waals surface area contributed by atoms with Gasteiger partial charge in [0.1, 0.15) is 18.9 Å². The van der Waals surface area contributed by atoms with Gasteiger partial charge in [-0.1, -0.05) is 67.8 Å². The van der Waals surface area contributed by atoms with Crippen molar-refractivity contribution < 1.29 is 74.0 Å². The summed E-state index contributed by atoms with van der Waals surface area (Å²) in [6.45, 7) is 1.33. The molecule has 1 aliphatic carbocycles. The predicted molar refractivity (Wildman–Crippen MR) is 149 cm³/mol. The molecule has 1 heterocycles. The third-order valence-corrected chi connectivity index (χ3v) is 8.94. The first-order chi connectivity index (χ1) is 21.6. The lowest BCUT2D eigenvalue weighted by molar-refractivity contribution is -0.695. The van der Waals surface area contributed by atoms with E-state index in [0.717, 1.165) is 50.6 Å². The first kappa shape index (κ1) is 42.6. The molecule has 0 amide bonds. The number of aryl methyl sites for hydroxylation is 1. The summed E-state index contributed by atoms with van der Waals surface area (Å²) in [5.74, 6) is -34.8. The molecule has 1 saturated carbocycles. The van der Waals surface area contributed by atoms with Crippen molar-refractivity contribution in [3.05, 3.63) is 52.0 Å². The second-order valence-corrected chi connectivity index (χ2v) is 12.7. The Bertz CT molecular complexity index is 1310. The Morgan fingerprint density at radius 3 is 1.58 bits per heavy atom. The topological polar surface area (TPSA) is 8.81 Å². The molecular weight excluding hydrogens is 742 g/mol. The fraction of sp³-hybridized carbons (Fsp3) is 0.700. The Labute approximate surface area is 285 Å². The van der Waals surface area contributed by atoms with Crippen LogP contribution in [-0.4, -0.2) is 40.4 Å². The summed E-state index contributed by atoms with van der Waals surface area (Å²) in [6.07, 6.45) is 0.251. The lowest BCUT2D eigenvalue weighted by Crippen LogP contribution is -3.00. The van der Waals surface area contributed by atoms with Crippen molar-refractivity contribution in [2.24, 2.45) is 0 Å². The highest BCUT2D eigenvalue weighted by molar-refractivity contribution is 6.35. The molecule has 1 aliphatic rings. The molecule has 0 bridgehead atoms. The molecule has 48 heavy (non-hydrogen) atoms. The number of nitrogens with zero attached hydrogens (tertiary/aromatic N) is 2. The average molecular weight is 776 g/mol. The lowest BCUT2D eigenvalue weighted by Gasteiger charge is -2.39. The maximum Gasteiger partial charge on any atom is 0.460 e. The number of aromatic nitrogens is 2. The van der Waals surface area contributed by atoms with Crippen molar-refractivity contribution in [1.82, 2.24) is 4.57 Å². The van der Waals surface area contributed by atoms with Crippen LogP contribution in [0.4, 0.5) is 57.1 Å². The van der Waals surface area contributed by atoms with Gasteiger partial charge in [-0.3, -0.25) is 0 Å². The van der Waals surface area contributed by atoms with Crippen molar-refractivity contribution in [1.29, 1.82) is 0 Å². The van der Waals surface area contributed by atoms with Gasteiger partial charge in [0.2, 0.25) is 0 Å². The van der Waals surface area contributed by atoms with E-state index < -0.39 is 48.6 Å². The van der Waals surface area contributed by atoms with Crippen molar-refractivity contribution in [2.75, 3.05) is 0 Å². The summed E-state index contributed by atoms with van der Waals surface area (Å²) < 4.78 is 176. The van der Waals surface area contributed by atoms with Gasteiger partial charge in [0, 0.05) is 22.0 Å². The van der Waals surface area contributed by atoms with Crippen molar-refractivity contribution in [3.63, 3.8) is 0 Å². The lowest BCUT2D eigenvalue weighted by atomic mass is 9.91. The van der Waals surface area contributed by atoms with Crippen LogP contribution in [0.5, 0.6) is 0 Å². The molecule has 1 fully saturated rings. The standard InChI is InChI=1S/C30H34Cl2F13N2.ClH/c31-22-11-10-12-23(32)21(22)19-47-18-17-46(24(47)20-13-14-20)16-9-7-5-3-1-2-4-6-8-15-25(33,34)26(35,36)27(37,38)28(39,40)29(41,42)30(43,44)45;/h10-12,17-18,20H,1-9,13-16,19H2;1H/q+1;/p-1. The van der Waals surface area contributed by atoms with E-state index in [2.05, 4.69) is 9.13 Å². The molecule has 0 radical (unpaired) electrons. The molecule has 2 aromatic rings. The highest BCUT2D eigenvalue weighted by Gasteiger charge is 2.90. The fourth-order valence-electron chi connectivity index (χ4n) is 5.29. The van der Waals surface area contributed by atoms with Crippen LogP contribution in [0.1, 0.15) is 94.4 Å². The predicted octanol–water partition coefficient (Wildman–Crippen LogP) is 8.65. The number of hydrogen-bond donors (Lipinski definition) is 0. The molecule has 18 heteroatoms. The summed E-state index contributed by atoms with van der Waals surface area (Å²) in [4.78, 5) is 0. The quantitative estimate of drug-likeness (QED) is 0.0768. The van der Waals surface area contributed by atoms with E-state index >= 15 is 0 Å². The van der Waals surface area contributed by atoms with E-state index in [4.69, 9.17) is 23.2 Å². The summed E-state index contributed by atoms with van der Waals surface area (Å²) >= 11 is 12.7. The van der Waals surface area contributed by atoms with Gasteiger partial charge in [0.25, 0.3) is 5.82 Å². The number of imidazole rings is 1. The zero-order valence-electron chi connectivity index (χ0n) is 25.3. The number of alkyl halides is 13. The smallest absolute Gasteiger partial charge is 0.460 e. The summed E-state index contributed by atoms with van der Waals surface area (Å²) in [5.41, 5.74) is 0.838. The van der Waals surface area contributed by atoms with E-state index in [1.807, 2.05) is 12.4 Å². The maximum absolute atomic E-state index is 13.9. The molecule has 0 saturated heterocycles. The van der Waals surface area contributed by atoms with Crippen LogP contribution in [-0.2, 0) is 13.1 Å². The zero-order valence-corrected chi connectivity index (χ0v) is 27.6. The van der Waals surface area contributed by atoms with Crippen LogP contribution < -0.4 is 17.0 Å².